The monoisotopic (exact) mass is 410 g/mol. The van der Waals surface area contributed by atoms with Crippen LogP contribution in [0.2, 0.25) is 0 Å². The molecule has 0 atom stereocenters. The summed E-state index contributed by atoms with van der Waals surface area (Å²) in [6.07, 6.45) is 2.91. The Kier molecular flexibility index (Phi) is 9.58. The predicted molar refractivity (Wildman–Crippen MR) is 117 cm³/mol. The van der Waals surface area contributed by atoms with E-state index in [2.05, 4.69) is 17.4 Å². The lowest BCUT2D eigenvalue weighted by Crippen LogP contribution is -2.23. The summed E-state index contributed by atoms with van der Waals surface area (Å²) in [7, 11) is 3.44. The number of carbonyl (C=O) groups is 3. The maximum atomic E-state index is 12.0. The van der Waals surface area contributed by atoms with Crippen molar-refractivity contribution >= 4 is 23.5 Å². The van der Waals surface area contributed by atoms with Crippen LogP contribution in [0.4, 0.5) is 5.69 Å². The molecule has 1 N–H and O–H groups in total. The van der Waals surface area contributed by atoms with Gasteiger partial charge < -0.3 is 15.0 Å². The van der Waals surface area contributed by atoms with Crippen LogP contribution in [-0.4, -0.2) is 43.4 Å². The van der Waals surface area contributed by atoms with Gasteiger partial charge in [-0.15, -0.1) is 0 Å². The third kappa shape index (κ3) is 8.90. The van der Waals surface area contributed by atoms with E-state index in [0.717, 1.165) is 18.4 Å². The van der Waals surface area contributed by atoms with E-state index >= 15 is 0 Å². The predicted octanol–water partition coefficient (Wildman–Crippen LogP) is 3.60. The highest BCUT2D eigenvalue weighted by molar-refractivity contribution is 5.91. The van der Waals surface area contributed by atoms with Gasteiger partial charge in [-0.2, -0.15) is 0 Å². The van der Waals surface area contributed by atoms with Crippen LogP contribution >= 0.6 is 0 Å². The molecule has 0 saturated heterocycles. The van der Waals surface area contributed by atoms with E-state index in [4.69, 9.17) is 4.74 Å². The smallest absolute Gasteiger partial charge is 0.305 e. The summed E-state index contributed by atoms with van der Waals surface area (Å²) >= 11 is 0. The van der Waals surface area contributed by atoms with Gasteiger partial charge in [0.05, 0.1) is 13.0 Å². The number of aryl methyl sites for hydroxylation is 1. The van der Waals surface area contributed by atoms with Crippen molar-refractivity contribution in [2.45, 2.75) is 38.5 Å². The Labute approximate surface area is 178 Å². The maximum absolute atomic E-state index is 12.0. The first kappa shape index (κ1) is 23.1. The molecule has 0 saturated carbocycles. The van der Waals surface area contributed by atoms with Crippen molar-refractivity contribution in [1.82, 2.24) is 4.90 Å². The van der Waals surface area contributed by atoms with Gasteiger partial charge in [0.1, 0.15) is 0 Å². The zero-order valence-corrected chi connectivity index (χ0v) is 17.7. The minimum absolute atomic E-state index is 0.0266. The molecule has 0 bridgehead atoms. The molecule has 2 rings (SSSR count). The number of esters is 1. The molecular formula is C24H30N2O4. The first-order valence-electron chi connectivity index (χ1n) is 10.2. The van der Waals surface area contributed by atoms with Crippen LogP contribution in [0.15, 0.2) is 54.6 Å². The van der Waals surface area contributed by atoms with Crippen LogP contribution in [0.25, 0.3) is 0 Å². The standard InChI is InChI=1S/C24H30N2O4/c1-26(2)23(28)18-20-13-15-21(16-14-20)25-22(27)11-6-12-24(29)30-17-7-10-19-8-4-3-5-9-19/h3-5,8-9,13-16H,6-7,10-12,17-18H2,1-2H3,(H,25,27). The van der Waals surface area contributed by atoms with E-state index in [1.807, 2.05) is 30.3 Å². The lowest BCUT2D eigenvalue weighted by atomic mass is 10.1. The SMILES string of the molecule is CN(C)C(=O)Cc1ccc(NC(=O)CCCC(=O)OCCCc2ccccc2)cc1. The molecule has 0 spiro atoms. The second-order valence-corrected chi connectivity index (χ2v) is 7.37. The van der Waals surface area contributed by atoms with Crippen LogP contribution in [-0.2, 0) is 32.0 Å². The van der Waals surface area contributed by atoms with E-state index in [-0.39, 0.29) is 30.6 Å². The van der Waals surface area contributed by atoms with Gasteiger partial charge in [-0.3, -0.25) is 14.4 Å². The Balaban J connectivity index is 1.59. The molecular weight excluding hydrogens is 380 g/mol. The molecule has 0 aliphatic carbocycles. The van der Waals surface area contributed by atoms with E-state index < -0.39 is 0 Å². The van der Waals surface area contributed by atoms with E-state index in [0.29, 0.717) is 25.1 Å². The molecule has 0 heterocycles. The van der Waals surface area contributed by atoms with Crippen molar-refractivity contribution in [3.8, 4) is 0 Å². The number of nitrogens with one attached hydrogen (secondary N) is 1. The average Bonchev–Trinajstić information content (AvgIpc) is 2.73. The number of carbonyl (C=O) groups excluding carboxylic acids is 3. The minimum Gasteiger partial charge on any atom is -0.466 e. The van der Waals surface area contributed by atoms with Gasteiger partial charge in [0, 0.05) is 32.6 Å². The Bertz CT molecular complexity index is 817. The second-order valence-electron chi connectivity index (χ2n) is 7.37. The number of hydrogen-bond acceptors (Lipinski definition) is 4. The number of nitrogens with zero attached hydrogens (tertiary/aromatic N) is 1. The fourth-order valence-corrected chi connectivity index (χ4v) is 2.83. The quantitative estimate of drug-likeness (QED) is 0.454. The van der Waals surface area contributed by atoms with Crippen LogP contribution in [0.1, 0.15) is 36.8 Å². The molecule has 0 fully saturated rings. The maximum Gasteiger partial charge on any atom is 0.305 e. The summed E-state index contributed by atoms with van der Waals surface area (Å²) in [6.45, 7) is 0.391. The first-order valence-corrected chi connectivity index (χ1v) is 10.2. The fourth-order valence-electron chi connectivity index (χ4n) is 2.83. The normalized spacial score (nSPS) is 10.3. The van der Waals surface area contributed by atoms with Crippen LogP contribution in [0.5, 0.6) is 0 Å². The number of anilines is 1. The highest BCUT2D eigenvalue weighted by Crippen LogP contribution is 2.12. The van der Waals surface area contributed by atoms with Crippen molar-refractivity contribution < 1.29 is 19.1 Å². The Morgan fingerprint density at radius 3 is 2.23 bits per heavy atom. The summed E-state index contributed by atoms with van der Waals surface area (Å²) < 4.78 is 5.22. The summed E-state index contributed by atoms with van der Waals surface area (Å²) in [6, 6.07) is 17.3. The summed E-state index contributed by atoms with van der Waals surface area (Å²) in [5, 5.41) is 2.80. The van der Waals surface area contributed by atoms with Crippen molar-refractivity contribution in [2.75, 3.05) is 26.0 Å². The van der Waals surface area contributed by atoms with Gasteiger partial charge in [-0.1, -0.05) is 42.5 Å². The lowest BCUT2D eigenvalue weighted by Gasteiger charge is -2.10. The second kappa shape index (κ2) is 12.4. The summed E-state index contributed by atoms with van der Waals surface area (Å²) in [5.41, 5.74) is 2.79. The molecule has 160 valence electrons. The Morgan fingerprint density at radius 1 is 0.867 bits per heavy atom. The van der Waals surface area contributed by atoms with Crippen LogP contribution in [0.3, 0.4) is 0 Å². The first-order chi connectivity index (χ1) is 14.4. The average molecular weight is 411 g/mol. The van der Waals surface area contributed by atoms with Crippen LogP contribution < -0.4 is 5.32 Å². The van der Waals surface area contributed by atoms with Gasteiger partial charge in [0.15, 0.2) is 0 Å². The largest absolute Gasteiger partial charge is 0.466 e. The summed E-state index contributed by atoms with van der Waals surface area (Å²) in [5.74, 6) is -0.395. The molecule has 0 unspecified atom stereocenters. The van der Waals surface area contributed by atoms with Crippen molar-refractivity contribution in [2.24, 2.45) is 0 Å². The molecule has 6 nitrogen and oxygen atoms in total. The minimum atomic E-state index is -0.272. The number of ether oxygens (including phenoxy) is 1. The van der Waals surface area contributed by atoms with Crippen LogP contribution in [0, 0.1) is 0 Å². The molecule has 2 aromatic rings. The van der Waals surface area contributed by atoms with E-state index in [1.165, 1.54) is 5.56 Å². The van der Waals surface area contributed by atoms with Crippen molar-refractivity contribution in [1.29, 1.82) is 0 Å². The topological polar surface area (TPSA) is 75.7 Å². The fraction of sp³-hybridized carbons (Fsp3) is 0.375. The number of amides is 2. The lowest BCUT2D eigenvalue weighted by molar-refractivity contribution is -0.143. The zero-order valence-electron chi connectivity index (χ0n) is 17.7. The van der Waals surface area contributed by atoms with E-state index in [1.54, 1.807) is 31.1 Å². The molecule has 2 amide bonds. The number of hydrogen-bond donors (Lipinski definition) is 1. The molecule has 0 aromatic heterocycles. The van der Waals surface area contributed by atoms with Gasteiger partial charge in [0.25, 0.3) is 0 Å². The molecule has 2 aromatic carbocycles. The Morgan fingerprint density at radius 2 is 1.57 bits per heavy atom. The number of benzene rings is 2. The van der Waals surface area contributed by atoms with E-state index in [9.17, 15) is 14.4 Å². The van der Waals surface area contributed by atoms with Crippen molar-refractivity contribution in [3.05, 3.63) is 65.7 Å². The molecule has 6 heteroatoms. The third-order valence-electron chi connectivity index (χ3n) is 4.59. The number of likely N-dealkylation sites (N-methyl/N-ethyl adjacent to an activating group) is 1. The highest BCUT2D eigenvalue weighted by atomic mass is 16.5. The van der Waals surface area contributed by atoms with Crippen molar-refractivity contribution in [3.63, 3.8) is 0 Å². The van der Waals surface area contributed by atoms with Gasteiger partial charge in [0.2, 0.25) is 11.8 Å². The van der Waals surface area contributed by atoms with Gasteiger partial charge >= 0.3 is 5.97 Å². The zero-order chi connectivity index (χ0) is 21.8. The third-order valence-corrected chi connectivity index (χ3v) is 4.59. The van der Waals surface area contributed by atoms with Gasteiger partial charge in [-0.25, -0.2) is 0 Å². The molecule has 30 heavy (non-hydrogen) atoms. The molecule has 0 radical (unpaired) electrons. The number of rotatable bonds is 11. The highest BCUT2D eigenvalue weighted by Gasteiger charge is 2.08. The summed E-state index contributed by atoms with van der Waals surface area (Å²) in [4.78, 5) is 37.1. The molecule has 0 aliphatic rings. The Hall–Kier alpha value is -3.15. The molecule has 0 aliphatic heterocycles. The van der Waals surface area contributed by atoms with Gasteiger partial charge in [-0.05, 0) is 42.5 Å².